The minimum Gasteiger partial charge on any atom is -0.338 e. The van der Waals surface area contributed by atoms with Gasteiger partial charge in [-0.05, 0) is 42.8 Å². The summed E-state index contributed by atoms with van der Waals surface area (Å²) in [6, 6.07) is 13.4. The fourth-order valence-electron chi connectivity index (χ4n) is 3.50. The summed E-state index contributed by atoms with van der Waals surface area (Å²) in [7, 11) is 0. The lowest BCUT2D eigenvalue weighted by atomic mass is 10.2. The molecule has 3 heterocycles. The van der Waals surface area contributed by atoms with Crippen molar-refractivity contribution >= 4 is 28.4 Å². The first-order chi connectivity index (χ1) is 15.7. The van der Waals surface area contributed by atoms with Crippen molar-refractivity contribution in [2.45, 2.75) is 37.2 Å². The van der Waals surface area contributed by atoms with Gasteiger partial charge in [0.15, 0.2) is 5.16 Å². The van der Waals surface area contributed by atoms with Crippen LogP contribution in [0.4, 0.5) is 4.39 Å². The van der Waals surface area contributed by atoms with Crippen molar-refractivity contribution < 1.29 is 8.91 Å². The molecule has 0 aliphatic carbocycles. The van der Waals surface area contributed by atoms with Gasteiger partial charge in [-0.25, -0.2) is 4.39 Å². The smallest absolute Gasteiger partial charge is 0.262 e. The molecule has 0 unspecified atom stereocenters. The van der Waals surface area contributed by atoms with Gasteiger partial charge >= 0.3 is 0 Å². The van der Waals surface area contributed by atoms with Gasteiger partial charge in [0.1, 0.15) is 5.82 Å². The van der Waals surface area contributed by atoms with Crippen LogP contribution in [0.5, 0.6) is 0 Å². The Morgan fingerprint density at radius 3 is 2.72 bits per heavy atom. The quantitative estimate of drug-likeness (QED) is 0.341. The number of thioether (sulfide) groups is 1. The Morgan fingerprint density at radius 1 is 1.09 bits per heavy atom. The highest BCUT2D eigenvalue weighted by atomic mass is 32.2. The van der Waals surface area contributed by atoms with E-state index >= 15 is 0 Å². The summed E-state index contributed by atoms with van der Waals surface area (Å²) in [4.78, 5) is 17.4. The molecule has 0 aliphatic heterocycles. The van der Waals surface area contributed by atoms with Crippen LogP contribution < -0.4 is 5.56 Å². The van der Waals surface area contributed by atoms with Gasteiger partial charge in [0.2, 0.25) is 17.5 Å². The molecule has 0 aliphatic rings. The second-order valence-corrected chi connectivity index (χ2v) is 8.20. The predicted octanol–water partition coefficient (Wildman–Crippen LogP) is 4.33. The lowest BCUT2D eigenvalue weighted by molar-refractivity contribution is 0.391. The number of fused-ring (bicyclic) bond motifs is 3. The summed E-state index contributed by atoms with van der Waals surface area (Å²) in [6.45, 7) is 2.66. The molecule has 3 aromatic heterocycles. The zero-order valence-corrected chi connectivity index (χ0v) is 18.0. The summed E-state index contributed by atoms with van der Waals surface area (Å²) < 4.78 is 22.1. The molecule has 2 aromatic carbocycles. The zero-order chi connectivity index (χ0) is 22.1. The molecule has 162 valence electrons. The van der Waals surface area contributed by atoms with E-state index in [0.29, 0.717) is 45.9 Å². The molecule has 8 nitrogen and oxygen atoms in total. The Kier molecular flexibility index (Phi) is 5.44. The molecule has 0 radical (unpaired) electrons. The highest BCUT2D eigenvalue weighted by molar-refractivity contribution is 7.98. The predicted molar refractivity (Wildman–Crippen MR) is 119 cm³/mol. The normalized spacial score (nSPS) is 11.6. The van der Waals surface area contributed by atoms with Gasteiger partial charge < -0.3 is 4.52 Å². The summed E-state index contributed by atoms with van der Waals surface area (Å²) in [5, 5.41) is 13.9. The highest BCUT2D eigenvalue weighted by Gasteiger charge is 2.18. The molecule has 5 aromatic rings. The summed E-state index contributed by atoms with van der Waals surface area (Å²) >= 11 is 1.39. The Hall–Kier alpha value is -3.53. The van der Waals surface area contributed by atoms with Crippen LogP contribution in [-0.4, -0.2) is 29.3 Å². The molecule has 0 atom stereocenters. The number of benzene rings is 2. The fraction of sp³-hybridized carbons (Fsp3) is 0.227. The van der Waals surface area contributed by atoms with E-state index in [0.717, 1.165) is 18.4 Å². The number of hydrogen-bond acceptors (Lipinski definition) is 7. The van der Waals surface area contributed by atoms with E-state index in [4.69, 9.17) is 4.52 Å². The van der Waals surface area contributed by atoms with Gasteiger partial charge in [-0.3, -0.25) is 13.8 Å². The van der Waals surface area contributed by atoms with Crippen molar-refractivity contribution in [1.82, 2.24) is 29.3 Å². The van der Waals surface area contributed by atoms with E-state index in [1.807, 2.05) is 28.7 Å². The molecular formula is C22H19FN6O2S. The highest BCUT2D eigenvalue weighted by Crippen LogP contribution is 2.25. The average molecular weight is 450 g/mol. The van der Waals surface area contributed by atoms with Crippen molar-refractivity contribution in [3.8, 4) is 11.4 Å². The second-order valence-electron chi connectivity index (χ2n) is 7.25. The molecule has 0 saturated heterocycles. The largest absolute Gasteiger partial charge is 0.338 e. The van der Waals surface area contributed by atoms with Crippen LogP contribution in [0.25, 0.3) is 28.1 Å². The van der Waals surface area contributed by atoms with Gasteiger partial charge in [0, 0.05) is 12.1 Å². The van der Waals surface area contributed by atoms with Gasteiger partial charge in [0.25, 0.3) is 5.56 Å². The van der Waals surface area contributed by atoms with Crippen LogP contribution >= 0.6 is 11.8 Å². The number of rotatable bonds is 7. The van der Waals surface area contributed by atoms with Crippen molar-refractivity contribution in [2.24, 2.45) is 0 Å². The average Bonchev–Trinajstić information content (AvgIpc) is 3.46. The number of unbranched alkanes of at least 4 members (excludes halogenated alkanes) is 1. The van der Waals surface area contributed by atoms with Crippen molar-refractivity contribution in [1.29, 1.82) is 0 Å². The van der Waals surface area contributed by atoms with Crippen LogP contribution in [-0.2, 0) is 12.3 Å². The maximum atomic E-state index is 13.1. The van der Waals surface area contributed by atoms with Crippen molar-refractivity contribution in [2.75, 3.05) is 0 Å². The molecule has 10 heteroatoms. The first kappa shape index (κ1) is 20.4. The molecule has 0 bridgehead atoms. The standard InChI is InChI=1S/C22H19FN6O2S/c1-2-3-12-28-20(30)16-6-4-5-7-17(16)29-21(28)25-26-22(29)32-13-18-24-19(27-31-18)14-8-10-15(23)11-9-14/h4-11H,2-3,12-13H2,1H3. The van der Waals surface area contributed by atoms with E-state index in [1.165, 1.54) is 23.9 Å². The van der Waals surface area contributed by atoms with Crippen molar-refractivity contribution in [3.63, 3.8) is 0 Å². The minimum atomic E-state index is -0.323. The minimum absolute atomic E-state index is 0.0636. The van der Waals surface area contributed by atoms with Gasteiger partial charge in [0.05, 0.1) is 16.7 Å². The fourth-order valence-corrected chi connectivity index (χ4v) is 4.28. The van der Waals surface area contributed by atoms with E-state index in [9.17, 15) is 9.18 Å². The van der Waals surface area contributed by atoms with Crippen LogP contribution in [0.2, 0.25) is 0 Å². The zero-order valence-electron chi connectivity index (χ0n) is 17.2. The van der Waals surface area contributed by atoms with Gasteiger partial charge in [-0.15, -0.1) is 10.2 Å². The number of halogens is 1. The molecule has 0 N–H and O–H groups in total. The summed E-state index contributed by atoms with van der Waals surface area (Å²) in [6.07, 6.45) is 1.84. The SMILES string of the molecule is CCCCn1c(=O)c2ccccc2n2c(SCc3nc(-c4ccc(F)cc4)no3)nnc12. The maximum Gasteiger partial charge on any atom is 0.262 e. The van der Waals surface area contributed by atoms with E-state index < -0.39 is 0 Å². The third-order valence-corrected chi connectivity index (χ3v) is 6.02. The van der Waals surface area contributed by atoms with Gasteiger partial charge in [-0.1, -0.05) is 42.4 Å². The molecule has 32 heavy (non-hydrogen) atoms. The molecule has 5 rings (SSSR count). The molecule has 0 amide bonds. The first-order valence-electron chi connectivity index (χ1n) is 10.2. The lowest BCUT2D eigenvalue weighted by Gasteiger charge is -2.10. The molecule has 0 saturated carbocycles. The number of aromatic nitrogens is 6. The van der Waals surface area contributed by atoms with Crippen LogP contribution in [0, 0.1) is 5.82 Å². The third-order valence-electron chi connectivity index (χ3n) is 5.11. The Bertz CT molecular complexity index is 1460. The van der Waals surface area contributed by atoms with E-state index in [1.54, 1.807) is 16.7 Å². The Morgan fingerprint density at radius 2 is 1.91 bits per heavy atom. The monoisotopic (exact) mass is 450 g/mol. The molecule has 0 spiro atoms. The van der Waals surface area contributed by atoms with Crippen molar-refractivity contribution in [3.05, 3.63) is 70.6 Å². The number of para-hydroxylation sites is 1. The topological polar surface area (TPSA) is 91.1 Å². The Balaban J connectivity index is 1.48. The van der Waals surface area contributed by atoms with Crippen LogP contribution in [0.15, 0.2) is 63.0 Å². The number of nitrogens with zero attached hydrogens (tertiary/aromatic N) is 6. The van der Waals surface area contributed by atoms with E-state index in [-0.39, 0.29) is 11.4 Å². The van der Waals surface area contributed by atoms with E-state index in [2.05, 4.69) is 27.3 Å². The Labute approximate surface area is 186 Å². The second kappa shape index (κ2) is 8.54. The van der Waals surface area contributed by atoms with Crippen LogP contribution in [0.3, 0.4) is 0 Å². The van der Waals surface area contributed by atoms with Gasteiger partial charge in [-0.2, -0.15) is 4.98 Å². The van der Waals surface area contributed by atoms with Crippen LogP contribution in [0.1, 0.15) is 25.7 Å². The molecule has 0 fully saturated rings. The third kappa shape index (κ3) is 3.66. The lowest BCUT2D eigenvalue weighted by Crippen LogP contribution is -2.23. The maximum absolute atomic E-state index is 13.1. The first-order valence-corrected chi connectivity index (χ1v) is 11.2. The number of aryl methyl sites for hydroxylation is 1. The summed E-state index contributed by atoms with van der Waals surface area (Å²) in [5.41, 5.74) is 1.36. The molecular weight excluding hydrogens is 431 g/mol. The summed E-state index contributed by atoms with van der Waals surface area (Å²) in [5.74, 6) is 1.37. The number of hydrogen-bond donors (Lipinski definition) is 0.